The third-order valence-corrected chi connectivity index (χ3v) is 6.30. The molecule has 34 heavy (non-hydrogen) atoms. The molecule has 0 atom stereocenters. The second-order valence-corrected chi connectivity index (χ2v) is 8.87. The van der Waals surface area contributed by atoms with Crippen LogP contribution in [0.2, 0.25) is 0 Å². The van der Waals surface area contributed by atoms with Gasteiger partial charge in [0.25, 0.3) is 15.9 Å². The highest BCUT2D eigenvalue weighted by atomic mass is 32.2. The van der Waals surface area contributed by atoms with Gasteiger partial charge in [0.15, 0.2) is 11.5 Å². The summed E-state index contributed by atoms with van der Waals surface area (Å²) in [6, 6.07) is 19.7. The van der Waals surface area contributed by atoms with Crippen molar-refractivity contribution in [3.8, 4) is 29.0 Å². The Balaban J connectivity index is 1.38. The lowest BCUT2D eigenvalue weighted by molar-refractivity contribution is 0.171. The Morgan fingerprint density at radius 3 is 2.47 bits per heavy atom. The summed E-state index contributed by atoms with van der Waals surface area (Å²) >= 11 is 0. The number of aromatic nitrogens is 2. The molecule has 3 aromatic carbocycles. The van der Waals surface area contributed by atoms with E-state index in [-0.39, 0.29) is 22.5 Å². The monoisotopic (exact) mass is 475 g/mol. The molecule has 0 amide bonds. The van der Waals surface area contributed by atoms with E-state index in [1.807, 2.05) is 6.07 Å². The molecular weight excluding hydrogens is 458 g/mol. The number of nitrogens with zero attached hydrogens (tertiary/aromatic N) is 3. The molecule has 0 fully saturated rings. The molecule has 10 nitrogen and oxygen atoms in total. The molecule has 0 unspecified atom stereocenters. The van der Waals surface area contributed by atoms with Crippen molar-refractivity contribution in [2.45, 2.75) is 4.90 Å². The van der Waals surface area contributed by atoms with Crippen LogP contribution in [0.15, 0.2) is 76.0 Å². The van der Waals surface area contributed by atoms with Gasteiger partial charge in [-0.2, -0.15) is 5.26 Å². The van der Waals surface area contributed by atoms with Gasteiger partial charge in [0, 0.05) is 11.8 Å². The summed E-state index contributed by atoms with van der Waals surface area (Å²) in [4.78, 5) is 0.0211. The predicted octanol–water partition coefficient (Wildman–Crippen LogP) is 3.92. The van der Waals surface area contributed by atoms with Crippen LogP contribution < -0.4 is 19.5 Å². The summed E-state index contributed by atoms with van der Waals surface area (Å²) in [5.74, 6) is 1.39. The average Bonchev–Trinajstić information content (AvgIpc) is 3.32. The van der Waals surface area contributed by atoms with Crippen molar-refractivity contribution < 1.29 is 22.3 Å². The van der Waals surface area contributed by atoms with E-state index in [9.17, 15) is 8.42 Å². The van der Waals surface area contributed by atoms with E-state index < -0.39 is 10.0 Å². The molecule has 170 valence electrons. The lowest BCUT2D eigenvalue weighted by atomic mass is 10.2. The molecule has 0 radical (unpaired) electrons. The molecule has 0 saturated carbocycles. The number of nitriles is 1. The van der Waals surface area contributed by atoms with Crippen LogP contribution in [0, 0.1) is 11.3 Å². The zero-order valence-electron chi connectivity index (χ0n) is 17.6. The summed E-state index contributed by atoms with van der Waals surface area (Å²) in [6.07, 6.45) is 0. The Morgan fingerprint density at radius 1 is 0.912 bits per heavy atom. The summed E-state index contributed by atoms with van der Waals surface area (Å²) in [5, 5.41) is 20.0. The number of anilines is 3. The number of sulfonamides is 1. The van der Waals surface area contributed by atoms with Crippen molar-refractivity contribution in [2.24, 2.45) is 0 Å². The van der Waals surface area contributed by atoms with Crippen molar-refractivity contribution in [3.05, 3.63) is 72.3 Å². The highest BCUT2D eigenvalue weighted by molar-refractivity contribution is 7.92. The minimum atomic E-state index is -3.91. The number of rotatable bonds is 6. The summed E-state index contributed by atoms with van der Waals surface area (Å²) in [5.41, 5.74) is 1.70. The summed E-state index contributed by atoms with van der Waals surface area (Å²) < 4.78 is 45.1. The van der Waals surface area contributed by atoms with E-state index in [1.54, 1.807) is 42.5 Å². The maximum Gasteiger partial charge on any atom is 0.320 e. The zero-order chi connectivity index (χ0) is 23.5. The van der Waals surface area contributed by atoms with Crippen LogP contribution in [-0.4, -0.2) is 31.8 Å². The molecule has 2 N–H and O–H groups in total. The lowest BCUT2D eigenvalue weighted by Gasteiger charge is -2.18. The summed E-state index contributed by atoms with van der Waals surface area (Å²) in [7, 11) is -3.91. The number of benzene rings is 3. The molecule has 0 bridgehead atoms. The van der Waals surface area contributed by atoms with Crippen LogP contribution in [-0.2, 0) is 10.0 Å². The van der Waals surface area contributed by atoms with E-state index in [1.165, 1.54) is 24.3 Å². The molecular formula is C23H17N5O5S. The fraction of sp³-hybridized carbons (Fsp3) is 0.0870. The van der Waals surface area contributed by atoms with Crippen molar-refractivity contribution in [2.75, 3.05) is 23.3 Å². The first kappa shape index (κ1) is 21.3. The topological polar surface area (TPSA) is 139 Å². The van der Waals surface area contributed by atoms with Gasteiger partial charge < -0.3 is 19.2 Å². The van der Waals surface area contributed by atoms with E-state index >= 15 is 0 Å². The lowest BCUT2D eigenvalue weighted by Crippen LogP contribution is -2.15. The van der Waals surface area contributed by atoms with Gasteiger partial charge in [0.1, 0.15) is 13.2 Å². The smallest absolute Gasteiger partial charge is 0.320 e. The second kappa shape index (κ2) is 8.76. The van der Waals surface area contributed by atoms with Gasteiger partial charge in [-0.15, -0.1) is 5.10 Å². The molecule has 0 saturated heterocycles. The first-order valence-corrected chi connectivity index (χ1v) is 11.6. The molecule has 1 aliphatic rings. The van der Waals surface area contributed by atoms with Gasteiger partial charge in [-0.1, -0.05) is 17.2 Å². The quantitative estimate of drug-likeness (QED) is 0.424. The molecule has 1 aliphatic heterocycles. The van der Waals surface area contributed by atoms with E-state index in [0.717, 1.165) is 0 Å². The van der Waals surface area contributed by atoms with Crippen LogP contribution in [0.3, 0.4) is 0 Å². The van der Waals surface area contributed by atoms with Gasteiger partial charge in [-0.3, -0.25) is 4.72 Å². The highest BCUT2D eigenvalue weighted by Crippen LogP contribution is 2.34. The Kier molecular flexibility index (Phi) is 5.49. The van der Waals surface area contributed by atoms with Crippen LogP contribution in [0.1, 0.15) is 5.56 Å². The molecule has 1 aromatic heterocycles. The molecule has 11 heteroatoms. The fourth-order valence-corrected chi connectivity index (χ4v) is 4.38. The minimum absolute atomic E-state index is 0.0211. The van der Waals surface area contributed by atoms with Gasteiger partial charge in [-0.05, 0) is 48.5 Å². The third-order valence-electron chi connectivity index (χ3n) is 4.91. The Hall–Kier alpha value is -4.56. The maximum atomic E-state index is 12.9. The van der Waals surface area contributed by atoms with Crippen molar-refractivity contribution >= 4 is 27.4 Å². The minimum Gasteiger partial charge on any atom is -0.486 e. The first-order valence-electron chi connectivity index (χ1n) is 10.1. The van der Waals surface area contributed by atoms with Crippen LogP contribution in [0.5, 0.6) is 11.5 Å². The molecule has 0 aliphatic carbocycles. The van der Waals surface area contributed by atoms with Gasteiger partial charge in [-0.25, -0.2) is 8.42 Å². The number of para-hydroxylation sites is 1. The predicted molar refractivity (Wildman–Crippen MR) is 122 cm³/mol. The van der Waals surface area contributed by atoms with E-state index in [0.29, 0.717) is 41.5 Å². The van der Waals surface area contributed by atoms with Gasteiger partial charge >= 0.3 is 6.01 Å². The number of nitrogens with one attached hydrogen (secondary N) is 2. The second-order valence-electron chi connectivity index (χ2n) is 7.18. The maximum absolute atomic E-state index is 12.9. The van der Waals surface area contributed by atoms with E-state index in [2.05, 4.69) is 20.2 Å². The van der Waals surface area contributed by atoms with E-state index in [4.69, 9.17) is 19.2 Å². The van der Waals surface area contributed by atoms with Crippen molar-refractivity contribution in [3.63, 3.8) is 0 Å². The molecule has 4 aromatic rings. The Labute approximate surface area is 194 Å². The van der Waals surface area contributed by atoms with Gasteiger partial charge in [0.05, 0.1) is 27.8 Å². The van der Waals surface area contributed by atoms with Crippen LogP contribution >= 0.6 is 0 Å². The zero-order valence-corrected chi connectivity index (χ0v) is 18.4. The van der Waals surface area contributed by atoms with Crippen molar-refractivity contribution in [1.82, 2.24) is 10.2 Å². The molecule has 0 spiro atoms. The Morgan fingerprint density at radius 2 is 1.68 bits per heavy atom. The highest BCUT2D eigenvalue weighted by Gasteiger charge is 2.19. The average molecular weight is 475 g/mol. The number of hydrogen-bond acceptors (Lipinski definition) is 9. The number of ether oxygens (including phenoxy) is 2. The van der Waals surface area contributed by atoms with Gasteiger partial charge in [0.2, 0.25) is 0 Å². The Bertz CT molecular complexity index is 1490. The van der Waals surface area contributed by atoms with Crippen molar-refractivity contribution in [1.29, 1.82) is 5.26 Å². The first-order chi connectivity index (χ1) is 16.5. The number of fused-ring (bicyclic) bond motifs is 1. The fourth-order valence-electron chi connectivity index (χ4n) is 3.30. The SMILES string of the molecule is N#Cc1ccc(S(=O)(=O)Nc2ccccc2-c2nnc(Nc3ccc4c(c3)OCCO4)o2)cc1. The standard InChI is InChI=1S/C23H17N5O5S/c24-14-15-5-8-17(9-6-15)34(29,30)28-19-4-2-1-3-18(19)22-26-27-23(33-22)25-16-7-10-20-21(13-16)32-12-11-31-20/h1-10,13,28H,11-12H2,(H,25,27). The normalized spacial score (nSPS) is 12.6. The van der Waals surface area contributed by atoms with Crippen LogP contribution in [0.4, 0.5) is 17.4 Å². The molecule has 2 heterocycles. The number of hydrogen-bond donors (Lipinski definition) is 2. The third kappa shape index (κ3) is 4.35. The van der Waals surface area contributed by atoms with Crippen LogP contribution in [0.25, 0.3) is 11.5 Å². The largest absolute Gasteiger partial charge is 0.486 e. The molecule has 5 rings (SSSR count). The summed E-state index contributed by atoms with van der Waals surface area (Å²) in [6.45, 7) is 0.970.